The first-order chi connectivity index (χ1) is 9.02. The molecular weight excluding hydrogens is 265 g/mol. The highest BCUT2D eigenvalue weighted by molar-refractivity contribution is 7.34. The lowest BCUT2D eigenvalue weighted by atomic mass is 10.1. The lowest BCUT2D eigenvalue weighted by Crippen LogP contribution is -2.22. The minimum absolute atomic E-state index is 0.243. The molecule has 0 radical (unpaired) electrons. The molecule has 6 heteroatoms. The summed E-state index contributed by atoms with van der Waals surface area (Å²) in [5.74, 6) is 0.210. The van der Waals surface area contributed by atoms with Crippen LogP contribution in [0.15, 0.2) is 35.1 Å². The first-order valence-electron chi connectivity index (χ1n) is 6.01. The normalized spacial score (nSPS) is 13.2. The van der Waals surface area contributed by atoms with E-state index in [1.165, 1.54) is 7.11 Å². The average Bonchev–Trinajstić information content (AvgIpc) is 2.37. The highest BCUT2D eigenvalue weighted by Crippen LogP contribution is 2.25. The number of carbonyl (C=O) groups is 1. The molecule has 0 spiro atoms. The SMILES string of the molecule is COC(=O)[C@H](CC(C)C)N=[P+]([O-])Oc1ccccc1. The summed E-state index contributed by atoms with van der Waals surface area (Å²) in [4.78, 5) is 23.3. The van der Waals surface area contributed by atoms with Gasteiger partial charge in [0.15, 0.2) is 11.8 Å². The van der Waals surface area contributed by atoms with E-state index in [4.69, 9.17) is 4.52 Å². The predicted molar refractivity (Wildman–Crippen MR) is 71.7 cm³/mol. The fourth-order valence-corrected chi connectivity index (χ4v) is 2.25. The van der Waals surface area contributed by atoms with Gasteiger partial charge in [0.25, 0.3) is 0 Å². The highest BCUT2D eigenvalue weighted by Gasteiger charge is 2.24. The van der Waals surface area contributed by atoms with E-state index in [0.717, 1.165) is 0 Å². The zero-order chi connectivity index (χ0) is 14.3. The molecule has 104 valence electrons. The molecule has 0 aliphatic rings. The van der Waals surface area contributed by atoms with E-state index in [1.807, 2.05) is 19.9 Å². The summed E-state index contributed by atoms with van der Waals surface area (Å²) in [7, 11) is -1.00. The van der Waals surface area contributed by atoms with E-state index in [9.17, 15) is 9.69 Å². The van der Waals surface area contributed by atoms with Crippen LogP contribution < -0.4 is 9.42 Å². The fraction of sp³-hybridized carbons (Fsp3) is 0.462. The number of ether oxygens (including phenoxy) is 1. The molecule has 0 N–H and O–H groups in total. The van der Waals surface area contributed by atoms with Crippen LogP contribution in [0.3, 0.4) is 0 Å². The monoisotopic (exact) mass is 283 g/mol. The first-order valence-corrected chi connectivity index (χ1v) is 7.14. The number of benzene rings is 1. The zero-order valence-electron chi connectivity index (χ0n) is 11.3. The van der Waals surface area contributed by atoms with Gasteiger partial charge >= 0.3 is 14.1 Å². The van der Waals surface area contributed by atoms with Crippen LogP contribution in [0.2, 0.25) is 0 Å². The number of esters is 1. The summed E-state index contributed by atoms with van der Waals surface area (Å²) >= 11 is 0. The largest absolute Gasteiger partial charge is 0.575 e. The van der Waals surface area contributed by atoms with Crippen molar-refractivity contribution in [3.8, 4) is 5.75 Å². The van der Waals surface area contributed by atoms with Gasteiger partial charge in [-0.3, -0.25) is 4.52 Å². The molecule has 1 unspecified atom stereocenters. The fourth-order valence-electron chi connectivity index (χ4n) is 1.48. The predicted octanol–water partition coefficient (Wildman–Crippen LogP) is 2.51. The topological polar surface area (TPSA) is 71.0 Å². The third-order valence-electron chi connectivity index (χ3n) is 2.33. The maximum absolute atomic E-state index is 11.8. The van der Waals surface area contributed by atoms with Crippen molar-refractivity contribution in [2.24, 2.45) is 10.7 Å². The number of rotatable bonds is 6. The Labute approximate surface area is 114 Å². The summed E-state index contributed by atoms with van der Waals surface area (Å²) < 4.78 is 13.7. The van der Waals surface area contributed by atoms with E-state index in [1.54, 1.807) is 24.3 Å². The summed E-state index contributed by atoms with van der Waals surface area (Å²) in [6.45, 7) is 3.91. The van der Waals surface area contributed by atoms with Crippen LogP contribution in [0.4, 0.5) is 0 Å². The van der Waals surface area contributed by atoms with E-state index >= 15 is 0 Å². The molecule has 0 fully saturated rings. The molecule has 5 nitrogen and oxygen atoms in total. The van der Waals surface area contributed by atoms with Crippen molar-refractivity contribution in [2.45, 2.75) is 26.3 Å². The van der Waals surface area contributed by atoms with Gasteiger partial charge in [0, 0.05) is 0 Å². The number of methoxy groups -OCH3 is 1. The molecule has 1 rings (SSSR count). The van der Waals surface area contributed by atoms with E-state index in [0.29, 0.717) is 12.2 Å². The van der Waals surface area contributed by atoms with Gasteiger partial charge < -0.3 is 9.63 Å². The van der Waals surface area contributed by atoms with Crippen molar-refractivity contribution in [1.29, 1.82) is 0 Å². The Morgan fingerprint density at radius 2 is 2.00 bits per heavy atom. The van der Waals surface area contributed by atoms with Gasteiger partial charge in [-0.1, -0.05) is 36.8 Å². The van der Waals surface area contributed by atoms with Crippen molar-refractivity contribution < 1.29 is 18.9 Å². The minimum atomic E-state index is -2.29. The lowest BCUT2D eigenvalue weighted by molar-refractivity contribution is -0.169. The first kappa shape index (κ1) is 15.6. The number of carbonyl (C=O) groups excluding carboxylic acids is 1. The Hall–Kier alpha value is -1.45. The molecule has 0 bridgehead atoms. The van der Waals surface area contributed by atoms with E-state index in [-0.39, 0.29) is 5.92 Å². The van der Waals surface area contributed by atoms with E-state index in [2.05, 4.69) is 9.48 Å². The van der Waals surface area contributed by atoms with Gasteiger partial charge in [-0.2, -0.15) is 0 Å². The Morgan fingerprint density at radius 1 is 1.37 bits per heavy atom. The van der Waals surface area contributed by atoms with Crippen LogP contribution in [0.5, 0.6) is 5.75 Å². The molecule has 0 aliphatic heterocycles. The maximum atomic E-state index is 11.8. The van der Waals surface area contributed by atoms with Crippen LogP contribution in [-0.2, 0) is 9.53 Å². The zero-order valence-corrected chi connectivity index (χ0v) is 12.2. The Kier molecular flexibility index (Phi) is 6.46. The van der Waals surface area contributed by atoms with Gasteiger partial charge in [-0.05, 0) is 24.5 Å². The maximum Gasteiger partial charge on any atom is 0.395 e. The second-order valence-electron chi connectivity index (χ2n) is 4.43. The lowest BCUT2D eigenvalue weighted by Gasteiger charge is -2.10. The van der Waals surface area contributed by atoms with Crippen LogP contribution in [0.25, 0.3) is 0 Å². The molecule has 0 aromatic heterocycles. The smallest absolute Gasteiger partial charge is 0.395 e. The van der Waals surface area contributed by atoms with Gasteiger partial charge in [-0.25, -0.2) is 4.79 Å². The molecule has 19 heavy (non-hydrogen) atoms. The van der Waals surface area contributed by atoms with Gasteiger partial charge in [0.2, 0.25) is 0 Å². The molecule has 0 saturated carbocycles. The van der Waals surface area contributed by atoms with Gasteiger partial charge in [-0.15, -0.1) is 0 Å². The quantitative estimate of drug-likeness (QED) is 0.594. The summed E-state index contributed by atoms with van der Waals surface area (Å²) in [6, 6.07) is 7.97. The van der Waals surface area contributed by atoms with Crippen LogP contribution in [-0.4, -0.2) is 19.1 Å². The summed E-state index contributed by atoms with van der Waals surface area (Å²) in [5, 5.41) is 0. The van der Waals surface area contributed by atoms with Crippen molar-refractivity contribution in [3.63, 3.8) is 0 Å². The standard InChI is InChI=1S/C13H18NO4P/c1-10(2)9-12(13(15)17-3)14-19(16)18-11-7-5-4-6-8-11/h4-8,10,12H,9H2,1-3H3/t12-/m0/s1. The number of para-hydroxylation sites is 1. The molecule has 0 saturated heterocycles. The van der Waals surface area contributed by atoms with Crippen molar-refractivity contribution in [1.82, 2.24) is 0 Å². The van der Waals surface area contributed by atoms with Crippen LogP contribution in [0.1, 0.15) is 20.3 Å². The molecule has 0 heterocycles. The third-order valence-corrected chi connectivity index (χ3v) is 3.16. The number of hydrogen-bond donors (Lipinski definition) is 0. The molecule has 1 aromatic carbocycles. The van der Waals surface area contributed by atoms with Crippen molar-refractivity contribution in [2.75, 3.05) is 7.11 Å². The van der Waals surface area contributed by atoms with Crippen LogP contribution in [0, 0.1) is 5.92 Å². The highest BCUT2D eigenvalue weighted by atomic mass is 31.1. The average molecular weight is 283 g/mol. The Morgan fingerprint density at radius 3 is 2.53 bits per heavy atom. The molecule has 0 aliphatic carbocycles. The van der Waals surface area contributed by atoms with Gasteiger partial charge in [0.05, 0.1) is 7.11 Å². The summed E-state index contributed by atoms with van der Waals surface area (Å²) in [5.41, 5.74) is 0. The third kappa shape index (κ3) is 5.81. The van der Waals surface area contributed by atoms with Gasteiger partial charge in [0.1, 0.15) is 0 Å². The summed E-state index contributed by atoms with van der Waals surface area (Å²) in [6.07, 6.45) is 0.478. The Balaban J connectivity index is 2.74. The molecule has 2 atom stereocenters. The van der Waals surface area contributed by atoms with Crippen molar-refractivity contribution in [3.05, 3.63) is 30.3 Å². The number of hydrogen-bond acceptors (Lipinski definition) is 5. The number of nitrogens with zero attached hydrogens (tertiary/aromatic N) is 1. The second kappa shape index (κ2) is 7.87. The molecular formula is C13H18NO4P. The van der Waals surface area contributed by atoms with E-state index < -0.39 is 20.2 Å². The second-order valence-corrected chi connectivity index (χ2v) is 5.32. The minimum Gasteiger partial charge on any atom is -0.575 e. The molecule has 1 aromatic rings. The Bertz CT molecular complexity index is 434. The van der Waals surface area contributed by atoms with Crippen molar-refractivity contribution >= 4 is 14.1 Å². The molecule has 0 amide bonds. The van der Waals surface area contributed by atoms with Crippen LogP contribution >= 0.6 is 8.17 Å².